The van der Waals surface area contributed by atoms with E-state index >= 15 is 0 Å². The Morgan fingerprint density at radius 2 is 1.42 bits per heavy atom. The molecule has 0 aliphatic heterocycles. The molecule has 1 N–H and O–H groups in total. The van der Waals surface area contributed by atoms with E-state index in [4.69, 9.17) is 0 Å². The fraction of sp³-hybridized carbons (Fsp3) is 0.0455. The molecule has 0 atom stereocenters. The van der Waals surface area contributed by atoms with Crippen LogP contribution < -0.4 is 0 Å². The molecule has 0 saturated carbocycles. The van der Waals surface area contributed by atoms with Crippen molar-refractivity contribution in [2.24, 2.45) is 0 Å². The van der Waals surface area contributed by atoms with Crippen LogP contribution in [0.5, 0.6) is 0 Å². The number of aldehydes is 1. The van der Waals surface area contributed by atoms with E-state index in [0.717, 1.165) is 39.6 Å². The van der Waals surface area contributed by atoms with E-state index < -0.39 is 0 Å². The molecule has 0 fully saturated rings. The Morgan fingerprint density at radius 3 is 2.12 bits per heavy atom. The van der Waals surface area contributed by atoms with E-state index in [1.54, 1.807) is 0 Å². The first kappa shape index (κ1) is 14.5. The van der Waals surface area contributed by atoms with Crippen molar-refractivity contribution in [3.63, 3.8) is 0 Å². The number of fused-ring (bicyclic) bond motifs is 1. The number of hydrogen-bond acceptors (Lipinski definition) is 1. The minimum Gasteiger partial charge on any atom is -0.354 e. The summed E-state index contributed by atoms with van der Waals surface area (Å²) in [5.74, 6) is 0. The van der Waals surface area contributed by atoms with Gasteiger partial charge in [-0.25, -0.2) is 0 Å². The van der Waals surface area contributed by atoms with Crippen LogP contribution in [0.3, 0.4) is 0 Å². The first-order valence-corrected chi connectivity index (χ1v) is 8.00. The van der Waals surface area contributed by atoms with Crippen LogP contribution in [0.4, 0.5) is 0 Å². The molecule has 2 heteroatoms. The van der Waals surface area contributed by atoms with E-state index in [1.165, 1.54) is 11.1 Å². The number of rotatable bonds is 3. The molecule has 0 aliphatic rings. The topological polar surface area (TPSA) is 32.9 Å². The third-order valence-corrected chi connectivity index (χ3v) is 4.48. The molecule has 2 nitrogen and oxygen atoms in total. The maximum absolute atomic E-state index is 11.7. The molecule has 0 spiro atoms. The van der Waals surface area contributed by atoms with Gasteiger partial charge < -0.3 is 4.98 Å². The van der Waals surface area contributed by atoms with Gasteiger partial charge in [-0.15, -0.1) is 0 Å². The first-order valence-electron chi connectivity index (χ1n) is 8.00. The number of para-hydroxylation sites is 1. The van der Waals surface area contributed by atoms with Gasteiger partial charge in [-0.1, -0.05) is 72.8 Å². The zero-order valence-electron chi connectivity index (χ0n) is 13.4. The standard InChI is InChI=1S/C22H17NO/c1-15-6-5-9-19-20(14-24)22(23-21(15)19)18-12-10-17(11-13-18)16-7-3-2-4-8-16/h2-14,23H,1H3. The summed E-state index contributed by atoms with van der Waals surface area (Å²) in [5, 5.41) is 0.979. The highest BCUT2D eigenvalue weighted by Gasteiger charge is 2.13. The third kappa shape index (κ3) is 2.33. The molecule has 24 heavy (non-hydrogen) atoms. The number of hydrogen-bond donors (Lipinski definition) is 1. The van der Waals surface area contributed by atoms with Gasteiger partial charge in [0, 0.05) is 16.5 Å². The summed E-state index contributed by atoms with van der Waals surface area (Å²) in [6, 6.07) is 24.6. The van der Waals surface area contributed by atoms with E-state index in [0.29, 0.717) is 0 Å². The number of carbonyl (C=O) groups is 1. The normalized spacial score (nSPS) is 10.9. The predicted octanol–water partition coefficient (Wildman–Crippen LogP) is 5.62. The Labute approximate surface area is 140 Å². The fourth-order valence-electron chi connectivity index (χ4n) is 3.20. The average molecular weight is 311 g/mol. The number of benzene rings is 3. The van der Waals surface area contributed by atoms with Gasteiger partial charge in [0.25, 0.3) is 0 Å². The Morgan fingerprint density at radius 1 is 0.750 bits per heavy atom. The van der Waals surface area contributed by atoms with Crippen LogP contribution in [0.15, 0.2) is 72.8 Å². The monoisotopic (exact) mass is 311 g/mol. The molecular formula is C22H17NO. The average Bonchev–Trinajstić information content (AvgIpc) is 3.03. The van der Waals surface area contributed by atoms with Gasteiger partial charge in [0.15, 0.2) is 6.29 Å². The highest BCUT2D eigenvalue weighted by molar-refractivity contribution is 6.05. The van der Waals surface area contributed by atoms with Crippen LogP contribution in [-0.4, -0.2) is 11.3 Å². The lowest BCUT2D eigenvalue weighted by Crippen LogP contribution is -1.85. The molecule has 0 aliphatic carbocycles. The summed E-state index contributed by atoms with van der Waals surface area (Å²) in [4.78, 5) is 15.1. The van der Waals surface area contributed by atoms with Crippen molar-refractivity contribution < 1.29 is 4.79 Å². The highest BCUT2D eigenvalue weighted by atomic mass is 16.1. The van der Waals surface area contributed by atoms with Crippen molar-refractivity contribution in [2.75, 3.05) is 0 Å². The lowest BCUT2D eigenvalue weighted by atomic mass is 10.0. The predicted molar refractivity (Wildman–Crippen MR) is 99.3 cm³/mol. The molecule has 4 aromatic rings. The van der Waals surface area contributed by atoms with Crippen molar-refractivity contribution >= 4 is 17.2 Å². The summed E-state index contributed by atoms with van der Waals surface area (Å²) >= 11 is 0. The second kappa shape index (κ2) is 5.82. The highest BCUT2D eigenvalue weighted by Crippen LogP contribution is 2.31. The maximum Gasteiger partial charge on any atom is 0.152 e. The minimum atomic E-state index is 0.723. The van der Waals surface area contributed by atoms with E-state index in [-0.39, 0.29) is 0 Å². The molecule has 0 saturated heterocycles. The largest absolute Gasteiger partial charge is 0.354 e. The van der Waals surface area contributed by atoms with Crippen molar-refractivity contribution in [1.82, 2.24) is 4.98 Å². The van der Waals surface area contributed by atoms with Crippen LogP contribution in [-0.2, 0) is 0 Å². The van der Waals surface area contributed by atoms with Gasteiger partial charge in [-0.2, -0.15) is 0 Å². The molecule has 0 unspecified atom stereocenters. The van der Waals surface area contributed by atoms with E-state index in [1.807, 2.05) is 30.3 Å². The number of carbonyl (C=O) groups excluding carboxylic acids is 1. The number of aromatic nitrogens is 1. The number of aromatic amines is 1. The second-order valence-electron chi connectivity index (χ2n) is 5.97. The van der Waals surface area contributed by atoms with Crippen LogP contribution in [0.1, 0.15) is 15.9 Å². The van der Waals surface area contributed by atoms with Crippen LogP contribution in [0, 0.1) is 6.92 Å². The van der Waals surface area contributed by atoms with Gasteiger partial charge >= 0.3 is 0 Å². The summed E-state index contributed by atoms with van der Waals surface area (Å²) in [7, 11) is 0. The Balaban J connectivity index is 1.83. The molecule has 1 aromatic heterocycles. The van der Waals surface area contributed by atoms with Gasteiger partial charge in [-0.3, -0.25) is 4.79 Å². The van der Waals surface area contributed by atoms with Crippen molar-refractivity contribution in [1.29, 1.82) is 0 Å². The summed E-state index contributed by atoms with van der Waals surface area (Å²) < 4.78 is 0. The molecule has 3 aromatic carbocycles. The van der Waals surface area contributed by atoms with E-state index in [2.05, 4.69) is 54.4 Å². The zero-order valence-corrected chi connectivity index (χ0v) is 13.4. The molecule has 4 rings (SSSR count). The van der Waals surface area contributed by atoms with Crippen LogP contribution in [0.25, 0.3) is 33.3 Å². The first-order chi connectivity index (χ1) is 11.8. The maximum atomic E-state index is 11.7. The minimum absolute atomic E-state index is 0.723. The SMILES string of the molecule is Cc1cccc2c(C=O)c(-c3ccc(-c4ccccc4)cc3)[nH]c12. The molecule has 116 valence electrons. The molecule has 0 bridgehead atoms. The Kier molecular flexibility index (Phi) is 3.51. The second-order valence-corrected chi connectivity index (χ2v) is 5.97. The number of nitrogens with one attached hydrogen (secondary N) is 1. The van der Waals surface area contributed by atoms with Crippen LogP contribution >= 0.6 is 0 Å². The number of aryl methyl sites for hydroxylation is 1. The van der Waals surface area contributed by atoms with Gasteiger partial charge in [0.2, 0.25) is 0 Å². The third-order valence-electron chi connectivity index (χ3n) is 4.48. The fourth-order valence-corrected chi connectivity index (χ4v) is 3.20. The number of H-pyrrole nitrogens is 1. The lowest BCUT2D eigenvalue weighted by molar-refractivity contribution is 0.112. The van der Waals surface area contributed by atoms with E-state index in [9.17, 15) is 4.79 Å². The van der Waals surface area contributed by atoms with Crippen molar-refractivity contribution in [3.05, 3.63) is 83.9 Å². The Bertz CT molecular complexity index is 1010. The van der Waals surface area contributed by atoms with Crippen molar-refractivity contribution in [2.45, 2.75) is 6.92 Å². The molecular weight excluding hydrogens is 294 g/mol. The Hall–Kier alpha value is -3.13. The molecule has 0 amide bonds. The van der Waals surface area contributed by atoms with Gasteiger partial charge in [-0.05, 0) is 29.2 Å². The van der Waals surface area contributed by atoms with Crippen LogP contribution in [0.2, 0.25) is 0 Å². The lowest BCUT2D eigenvalue weighted by Gasteiger charge is -2.04. The summed E-state index contributed by atoms with van der Waals surface area (Å²) in [6.07, 6.45) is 0.943. The zero-order chi connectivity index (χ0) is 16.5. The molecule has 0 radical (unpaired) electrons. The smallest absolute Gasteiger partial charge is 0.152 e. The van der Waals surface area contributed by atoms with Gasteiger partial charge in [0.05, 0.1) is 5.69 Å². The van der Waals surface area contributed by atoms with Crippen molar-refractivity contribution in [3.8, 4) is 22.4 Å². The molecule has 1 heterocycles. The summed E-state index contributed by atoms with van der Waals surface area (Å²) in [6.45, 7) is 2.05. The summed E-state index contributed by atoms with van der Waals surface area (Å²) in [5.41, 5.74) is 7.15. The van der Waals surface area contributed by atoms with Gasteiger partial charge in [0.1, 0.15) is 0 Å². The quantitative estimate of drug-likeness (QED) is 0.489.